The van der Waals surface area contributed by atoms with Gasteiger partial charge in [0.25, 0.3) is 10.0 Å². The van der Waals surface area contributed by atoms with Crippen LogP contribution in [0.25, 0.3) is 0 Å². The molecule has 0 radical (unpaired) electrons. The van der Waals surface area contributed by atoms with Gasteiger partial charge >= 0.3 is 18.3 Å². The molecule has 5 rings (SSSR count). The van der Waals surface area contributed by atoms with E-state index in [1.165, 1.54) is 43.4 Å². The Hall–Kier alpha value is -4.18. The minimum Gasteiger partial charge on any atom is -0.496 e. The highest BCUT2D eigenvalue weighted by atomic mass is 32.2. The minimum atomic E-state index is -4.81. The number of carbonyl (C=O) groups excluding carboxylic acids is 1. The highest BCUT2D eigenvalue weighted by Gasteiger charge is 2.50. The molecular formula is C30H28F6N2O7S. The van der Waals surface area contributed by atoms with Crippen LogP contribution < -0.4 is 18.7 Å². The van der Waals surface area contributed by atoms with Crippen LogP contribution >= 0.6 is 0 Å². The van der Waals surface area contributed by atoms with Crippen molar-refractivity contribution in [1.29, 1.82) is 0 Å². The van der Waals surface area contributed by atoms with Gasteiger partial charge < -0.3 is 24.2 Å². The van der Waals surface area contributed by atoms with Crippen molar-refractivity contribution in [2.75, 3.05) is 43.1 Å². The Balaban J connectivity index is 1.50. The molecular weight excluding hydrogens is 646 g/mol. The fourth-order valence-electron chi connectivity index (χ4n) is 5.56. The molecule has 0 amide bonds. The maximum atomic E-state index is 13.9. The number of anilines is 2. The second kappa shape index (κ2) is 11.9. The quantitative estimate of drug-likeness (QED) is 0.252. The lowest BCUT2D eigenvalue weighted by molar-refractivity contribution is -0.142. The molecule has 1 fully saturated rings. The van der Waals surface area contributed by atoms with Gasteiger partial charge in [0.05, 0.1) is 55.6 Å². The van der Waals surface area contributed by atoms with E-state index in [1.54, 1.807) is 0 Å². The lowest BCUT2D eigenvalue weighted by Gasteiger charge is -2.49. The summed E-state index contributed by atoms with van der Waals surface area (Å²) in [6.45, 7) is -1.01. The average Bonchev–Trinajstić information content (AvgIpc) is 3.00. The number of sulfonamides is 1. The Kier molecular flexibility index (Phi) is 8.57. The van der Waals surface area contributed by atoms with Crippen LogP contribution in [-0.2, 0) is 37.5 Å². The minimum absolute atomic E-state index is 0.0298. The molecule has 3 aromatic rings. The fraction of sp³-hybridized carbons (Fsp3) is 0.367. The van der Waals surface area contributed by atoms with Crippen molar-refractivity contribution in [2.45, 2.75) is 41.8 Å². The summed E-state index contributed by atoms with van der Waals surface area (Å²) < 4.78 is 126. The summed E-state index contributed by atoms with van der Waals surface area (Å²) in [5.41, 5.74) is -4.41. The number of β-amino-alcohol motifs (C(OH)–C–C–N with tert-alkyl or cyclic N) is 1. The summed E-state index contributed by atoms with van der Waals surface area (Å²) in [6, 6.07) is 10.8. The van der Waals surface area contributed by atoms with Crippen LogP contribution in [-0.4, -0.2) is 59.5 Å². The third-order valence-electron chi connectivity index (χ3n) is 7.81. The van der Waals surface area contributed by atoms with Crippen LogP contribution in [0.5, 0.6) is 11.5 Å². The van der Waals surface area contributed by atoms with Crippen molar-refractivity contribution in [3.63, 3.8) is 0 Å². The molecule has 1 atom stereocenters. The number of nitrogens with zero attached hydrogens (tertiary/aromatic N) is 2. The molecule has 3 aromatic carbocycles. The van der Waals surface area contributed by atoms with E-state index in [1.807, 2.05) is 0 Å². The molecule has 0 aliphatic carbocycles. The number of fused-ring (bicyclic) bond motifs is 1. The van der Waals surface area contributed by atoms with E-state index in [2.05, 4.69) is 4.74 Å². The number of benzene rings is 3. The number of aliphatic hydroxyl groups is 1. The first kappa shape index (κ1) is 33.2. The van der Waals surface area contributed by atoms with Crippen LogP contribution in [0.3, 0.4) is 0 Å². The van der Waals surface area contributed by atoms with E-state index in [-0.39, 0.29) is 49.7 Å². The first-order valence-electron chi connectivity index (χ1n) is 13.8. The van der Waals surface area contributed by atoms with Gasteiger partial charge in [-0.05, 0) is 55.0 Å². The first-order valence-corrected chi connectivity index (χ1v) is 15.2. The predicted molar refractivity (Wildman–Crippen MR) is 152 cm³/mol. The summed E-state index contributed by atoms with van der Waals surface area (Å²) >= 11 is 0. The Labute approximate surface area is 259 Å². The lowest BCUT2D eigenvalue weighted by atomic mass is 9.82. The molecule has 1 N–H and O–H groups in total. The maximum absolute atomic E-state index is 13.9. The molecule has 2 aliphatic heterocycles. The highest BCUT2D eigenvalue weighted by Crippen LogP contribution is 2.48. The van der Waals surface area contributed by atoms with Gasteiger partial charge in [0.1, 0.15) is 23.2 Å². The smallest absolute Gasteiger partial charge is 0.416 e. The van der Waals surface area contributed by atoms with E-state index >= 15 is 0 Å². The Morgan fingerprint density at radius 1 is 1.00 bits per heavy atom. The van der Waals surface area contributed by atoms with Crippen molar-refractivity contribution in [2.24, 2.45) is 0 Å². The predicted octanol–water partition coefficient (Wildman–Crippen LogP) is 5.35. The molecule has 2 heterocycles. The van der Waals surface area contributed by atoms with Crippen LogP contribution in [0, 0.1) is 0 Å². The van der Waals surface area contributed by atoms with Crippen LogP contribution in [0.2, 0.25) is 0 Å². The highest BCUT2D eigenvalue weighted by molar-refractivity contribution is 7.92. The average molecular weight is 675 g/mol. The summed E-state index contributed by atoms with van der Waals surface area (Å²) in [7, 11) is -2.27. The van der Waals surface area contributed by atoms with Crippen molar-refractivity contribution in [3.8, 4) is 11.5 Å². The molecule has 0 aromatic heterocycles. The number of ether oxygens (including phenoxy) is 3. The zero-order valence-electron chi connectivity index (χ0n) is 24.4. The molecule has 2 aliphatic rings. The molecule has 1 saturated heterocycles. The van der Waals surface area contributed by atoms with Crippen molar-refractivity contribution >= 4 is 27.4 Å². The van der Waals surface area contributed by atoms with Crippen LogP contribution in [0.1, 0.15) is 29.5 Å². The van der Waals surface area contributed by atoms with Crippen LogP contribution in [0.4, 0.5) is 37.7 Å². The van der Waals surface area contributed by atoms with Crippen LogP contribution in [0.15, 0.2) is 65.6 Å². The van der Waals surface area contributed by atoms with Gasteiger partial charge in [0.2, 0.25) is 0 Å². The molecule has 0 unspecified atom stereocenters. The number of carbonyl (C=O) groups is 1. The first-order chi connectivity index (χ1) is 21.5. The van der Waals surface area contributed by atoms with Crippen molar-refractivity contribution in [1.82, 2.24) is 0 Å². The number of hydrogen-bond acceptors (Lipinski definition) is 8. The molecule has 46 heavy (non-hydrogen) atoms. The number of rotatable bonds is 8. The normalized spacial score (nSPS) is 17.9. The Bertz CT molecular complexity index is 1740. The van der Waals surface area contributed by atoms with E-state index in [0.717, 1.165) is 34.6 Å². The standard InChI is InChI=1S/C30H28F6N2O7S/c1-43-25-8-4-7-22(30(34,35)36)27(25)28(40)16-37(17-28)19-9-11-24-23(14-19)38(15-20(45-24)10-12-26(39)44-2)46(41,42)21-6-3-5-18(13-21)29(31,32)33/h3-9,11,13-14,20,40H,10,12,15-17H2,1-2H3/t20-/m0/s1. The van der Waals surface area contributed by atoms with E-state index in [4.69, 9.17) is 9.47 Å². The summed E-state index contributed by atoms with van der Waals surface area (Å²) in [6.07, 6.45) is -10.6. The summed E-state index contributed by atoms with van der Waals surface area (Å²) in [4.78, 5) is 12.6. The monoisotopic (exact) mass is 674 g/mol. The summed E-state index contributed by atoms with van der Waals surface area (Å²) in [5, 5.41) is 11.3. The zero-order valence-corrected chi connectivity index (χ0v) is 25.2. The topological polar surface area (TPSA) is 106 Å². The third-order valence-corrected chi connectivity index (χ3v) is 9.58. The fourth-order valence-corrected chi connectivity index (χ4v) is 7.10. The van der Waals surface area contributed by atoms with E-state index in [9.17, 15) is 44.7 Å². The number of esters is 1. The Morgan fingerprint density at radius 2 is 1.70 bits per heavy atom. The number of methoxy groups -OCH3 is 2. The molecule has 16 heteroatoms. The molecule has 0 saturated carbocycles. The van der Waals surface area contributed by atoms with Gasteiger partial charge in [-0.2, -0.15) is 26.3 Å². The van der Waals surface area contributed by atoms with Crippen molar-refractivity contribution < 1.29 is 58.9 Å². The van der Waals surface area contributed by atoms with Gasteiger partial charge in [0, 0.05) is 17.7 Å². The second-order valence-corrected chi connectivity index (χ2v) is 12.7. The molecule has 0 spiro atoms. The zero-order chi connectivity index (χ0) is 33.7. The molecule has 248 valence electrons. The van der Waals surface area contributed by atoms with Gasteiger partial charge in [-0.1, -0.05) is 12.1 Å². The molecule has 0 bridgehead atoms. The lowest BCUT2D eigenvalue weighted by Crippen LogP contribution is -2.60. The van der Waals surface area contributed by atoms with E-state index < -0.39 is 61.6 Å². The SMILES string of the molecule is COC(=O)CC[C@H]1CN(S(=O)(=O)c2cccc(C(F)(F)F)c2)c2cc(N3CC(O)(c4c(OC)cccc4C(F)(F)F)C3)ccc2O1. The van der Waals surface area contributed by atoms with Gasteiger partial charge in [-0.15, -0.1) is 0 Å². The van der Waals surface area contributed by atoms with Gasteiger partial charge in [-0.3, -0.25) is 9.10 Å². The largest absolute Gasteiger partial charge is 0.496 e. The Morgan fingerprint density at radius 3 is 2.33 bits per heavy atom. The van der Waals surface area contributed by atoms with Crippen molar-refractivity contribution in [3.05, 3.63) is 77.4 Å². The summed E-state index contributed by atoms with van der Waals surface area (Å²) in [5.74, 6) is -0.696. The molecule has 9 nitrogen and oxygen atoms in total. The second-order valence-electron chi connectivity index (χ2n) is 10.8. The third kappa shape index (κ3) is 6.27. The van der Waals surface area contributed by atoms with Gasteiger partial charge in [0.15, 0.2) is 0 Å². The number of alkyl halides is 6. The number of halogens is 6. The van der Waals surface area contributed by atoms with E-state index in [0.29, 0.717) is 11.8 Å². The maximum Gasteiger partial charge on any atom is 0.416 e. The van der Waals surface area contributed by atoms with Gasteiger partial charge in [-0.25, -0.2) is 8.42 Å². The number of hydrogen-bond donors (Lipinski definition) is 1.